The topological polar surface area (TPSA) is 70.6 Å². The predicted octanol–water partition coefficient (Wildman–Crippen LogP) is 2.58. The van der Waals surface area contributed by atoms with Gasteiger partial charge >= 0.3 is 0 Å². The number of anilines is 1. The van der Waals surface area contributed by atoms with E-state index in [1.165, 1.54) is 28.4 Å². The molecule has 0 atom stereocenters. The molecule has 3 aromatic rings. The van der Waals surface area contributed by atoms with Gasteiger partial charge in [-0.15, -0.1) is 0 Å². The largest absolute Gasteiger partial charge is 0.347 e. The minimum Gasteiger partial charge on any atom is -0.347 e. The van der Waals surface area contributed by atoms with Gasteiger partial charge in [0.15, 0.2) is 0 Å². The monoisotopic (exact) mass is 375 g/mol. The quantitative estimate of drug-likeness (QED) is 0.687. The number of hydrogen-bond acceptors (Lipinski definition) is 5. The normalized spacial score (nSPS) is 11.4. The Morgan fingerprint density at radius 1 is 1.04 bits per heavy atom. The molecule has 0 aliphatic rings. The van der Waals surface area contributed by atoms with Crippen molar-refractivity contribution in [2.45, 2.75) is 4.90 Å². The van der Waals surface area contributed by atoms with Crippen molar-refractivity contribution in [2.75, 3.05) is 24.9 Å². The van der Waals surface area contributed by atoms with Crippen LogP contribution in [-0.4, -0.2) is 44.8 Å². The number of nitrogens with zero attached hydrogens (tertiary/aromatic N) is 3. The van der Waals surface area contributed by atoms with E-state index in [0.29, 0.717) is 5.52 Å². The van der Waals surface area contributed by atoms with Crippen molar-refractivity contribution in [2.24, 2.45) is 0 Å². The van der Waals surface area contributed by atoms with Crippen molar-refractivity contribution in [1.82, 2.24) is 9.88 Å². The van der Waals surface area contributed by atoms with E-state index in [1.54, 1.807) is 32.3 Å². The van der Waals surface area contributed by atoms with Gasteiger partial charge < -0.3 is 4.90 Å². The lowest BCUT2D eigenvalue weighted by molar-refractivity contribution is -0.127. The molecule has 0 spiro atoms. The number of carbonyl (C=O) groups is 1. The molecule has 130 valence electrons. The van der Waals surface area contributed by atoms with Crippen LogP contribution in [-0.2, 0) is 14.8 Å². The molecule has 0 N–H and O–H groups in total. The average molecular weight is 375 g/mol. The van der Waals surface area contributed by atoms with E-state index in [0.717, 1.165) is 9.01 Å². The van der Waals surface area contributed by atoms with E-state index in [4.69, 9.17) is 0 Å². The van der Waals surface area contributed by atoms with Gasteiger partial charge in [0.05, 0.1) is 15.1 Å². The third-order valence-corrected chi connectivity index (χ3v) is 6.53. The van der Waals surface area contributed by atoms with E-state index in [-0.39, 0.29) is 22.5 Å². The van der Waals surface area contributed by atoms with Crippen LogP contribution in [0.1, 0.15) is 0 Å². The molecule has 0 unspecified atom stereocenters. The van der Waals surface area contributed by atoms with Crippen LogP contribution < -0.4 is 4.31 Å². The summed E-state index contributed by atoms with van der Waals surface area (Å²) in [4.78, 5) is 18.1. The lowest BCUT2D eigenvalue weighted by Gasteiger charge is -2.22. The van der Waals surface area contributed by atoms with Gasteiger partial charge in [0.2, 0.25) is 11.0 Å². The Hall–Kier alpha value is -2.45. The SMILES string of the molecule is CN(C)C(=O)CN(c1nc2ccccc2s1)S(=O)(=O)c1ccccc1. The number of rotatable bonds is 5. The minimum atomic E-state index is -3.90. The minimum absolute atomic E-state index is 0.126. The highest BCUT2D eigenvalue weighted by Gasteiger charge is 2.30. The molecule has 0 aliphatic carbocycles. The number of aromatic nitrogens is 1. The summed E-state index contributed by atoms with van der Waals surface area (Å²) in [5, 5.41) is 0.278. The fraction of sp³-hybridized carbons (Fsp3) is 0.176. The Labute approximate surface area is 150 Å². The third kappa shape index (κ3) is 3.49. The number of fused-ring (bicyclic) bond motifs is 1. The molecule has 1 aromatic heterocycles. The van der Waals surface area contributed by atoms with Crippen LogP contribution in [0.15, 0.2) is 59.5 Å². The standard InChI is InChI=1S/C17H17N3O3S2/c1-19(2)16(21)12-20(25(22,23)13-8-4-3-5-9-13)17-18-14-10-6-7-11-15(14)24-17/h3-11H,12H2,1-2H3. The first-order chi connectivity index (χ1) is 11.9. The Kier molecular flexibility index (Phi) is 4.73. The second-order valence-corrected chi connectivity index (χ2v) is 8.45. The molecule has 0 radical (unpaired) electrons. The highest BCUT2D eigenvalue weighted by Crippen LogP contribution is 2.32. The molecular weight excluding hydrogens is 358 g/mol. The van der Waals surface area contributed by atoms with Crippen molar-refractivity contribution in [1.29, 1.82) is 0 Å². The summed E-state index contributed by atoms with van der Waals surface area (Å²) in [6, 6.07) is 15.5. The van der Waals surface area contributed by atoms with Gasteiger partial charge in [0.1, 0.15) is 6.54 Å². The Morgan fingerprint density at radius 2 is 1.68 bits per heavy atom. The molecule has 0 saturated heterocycles. The van der Waals surface area contributed by atoms with E-state index < -0.39 is 10.0 Å². The zero-order chi connectivity index (χ0) is 18.0. The number of para-hydroxylation sites is 1. The van der Waals surface area contributed by atoms with Gasteiger partial charge in [-0.1, -0.05) is 41.7 Å². The number of carbonyl (C=O) groups excluding carboxylic acids is 1. The van der Waals surface area contributed by atoms with Crippen molar-refractivity contribution in [3.63, 3.8) is 0 Å². The Balaban J connectivity index is 2.11. The van der Waals surface area contributed by atoms with Crippen LogP contribution in [0.5, 0.6) is 0 Å². The fourth-order valence-electron chi connectivity index (χ4n) is 2.21. The van der Waals surface area contributed by atoms with E-state index in [9.17, 15) is 13.2 Å². The summed E-state index contributed by atoms with van der Waals surface area (Å²) in [6.45, 7) is -0.302. The molecule has 2 aromatic carbocycles. The number of thiazole rings is 1. The van der Waals surface area contributed by atoms with Crippen molar-refractivity contribution < 1.29 is 13.2 Å². The van der Waals surface area contributed by atoms with Crippen molar-refractivity contribution in [3.05, 3.63) is 54.6 Å². The molecule has 0 fully saturated rings. The number of amides is 1. The van der Waals surface area contributed by atoms with Crippen LogP contribution in [0.2, 0.25) is 0 Å². The highest BCUT2D eigenvalue weighted by atomic mass is 32.2. The molecule has 0 aliphatic heterocycles. The van der Waals surface area contributed by atoms with Gasteiger partial charge in [-0.2, -0.15) is 0 Å². The van der Waals surface area contributed by atoms with E-state index >= 15 is 0 Å². The van der Waals surface area contributed by atoms with Gasteiger partial charge in [-0.05, 0) is 24.3 Å². The zero-order valence-electron chi connectivity index (χ0n) is 13.8. The summed E-state index contributed by atoms with van der Waals surface area (Å²) < 4.78 is 28.1. The first kappa shape index (κ1) is 17.4. The smallest absolute Gasteiger partial charge is 0.266 e. The second kappa shape index (κ2) is 6.81. The molecule has 0 saturated carbocycles. The predicted molar refractivity (Wildman–Crippen MR) is 99.3 cm³/mol. The van der Waals surface area contributed by atoms with Gasteiger partial charge in [-0.25, -0.2) is 17.7 Å². The van der Waals surface area contributed by atoms with Crippen molar-refractivity contribution >= 4 is 42.6 Å². The number of likely N-dealkylation sites (N-methyl/N-ethyl adjacent to an activating group) is 1. The van der Waals surface area contributed by atoms with Gasteiger partial charge in [-0.3, -0.25) is 4.79 Å². The summed E-state index contributed by atoms with van der Waals surface area (Å²) in [7, 11) is -0.714. The van der Waals surface area contributed by atoms with Crippen LogP contribution in [0.3, 0.4) is 0 Å². The maximum absolute atomic E-state index is 13.1. The molecule has 8 heteroatoms. The summed E-state index contributed by atoms with van der Waals surface area (Å²) >= 11 is 1.25. The zero-order valence-corrected chi connectivity index (χ0v) is 15.4. The molecule has 1 heterocycles. The number of benzene rings is 2. The summed E-state index contributed by atoms with van der Waals surface area (Å²) in [5.41, 5.74) is 0.702. The van der Waals surface area contributed by atoms with Crippen LogP contribution in [0, 0.1) is 0 Å². The first-order valence-electron chi connectivity index (χ1n) is 7.53. The van der Waals surface area contributed by atoms with E-state index in [2.05, 4.69) is 4.98 Å². The molecular formula is C17H17N3O3S2. The van der Waals surface area contributed by atoms with Gasteiger partial charge in [0.25, 0.3) is 10.0 Å². The van der Waals surface area contributed by atoms with E-state index in [1.807, 2.05) is 24.3 Å². The molecule has 1 amide bonds. The van der Waals surface area contributed by atoms with Gasteiger partial charge in [0, 0.05) is 14.1 Å². The molecule has 0 bridgehead atoms. The molecule has 3 rings (SSSR count). The highest BCUT2D eigenvalue weighted by molar-refractivity contribution is 7.93. The maximum Gasteiger partial charge on any atom is 0.266 e. The second-order valence-electron chi connectivity index (χ2n) is 5.58. The molecule has 25 heavy (non-hydrogen) atoms. The van der Waals surface area contributed by atoms with Crippen LogP contribution in [0.25, 0.3) is 10.2 Å². The summed E-state index contributed by atoms with van der Waals surface area (Å²) in [5.74, 6) is -0.321. The first-order valence-corrected chi connectivity index (χ1v) is 9.79. The summed E-state index contributed by atoms with van der Waals surface area (Å²) in [6.07, 6.45) is 0. The van der Waals surface area contributed by atoms with Crippen LogP contribution in [0.4, 0.5) is 5.13 Å². The lowest BCUT2D eigenvalue weighted by atomic mass is 10.3. The Bertz CT molecular complexity index is 965. The van der Waals surface area contributed by atoms with Crippen LogP contribution >= 0.6 is 11.3 Å². The lowest BCUT2D eigenvalue weighted by Crippen LogP contribution is -2.40. The Morgan fingerprint density at radius 3 is 2.32 bits per heavy atom. The fourth-order valence-corrected chi connectivity index (χ4v) is 4.77. The molecule has 6 nitrogen and oxygen atoms in total. The average Bonchev–Trinajstić information content (AvgIpc) is 3.03. The van der Waals surface area contributed by atoms with Crippen molar-refractivity contribution in [3.8, 4) is 0 Å². The third-order valence-electron chi connectivity index (χ3n) is 3.60. The number of hydrogen-bond donors (Lipinski definition) is 0. The number of sulfonamides is 1. The maximum atomic E-state index is 13.1.